The monoisotopic (exact) mass is 485 g/mol. The maximum absolute atomic E-state index is 13.7. The predicted octanol–water partition coefficient (Wildman–Crippen LogP) is 6.60. The third-order valence-corrected chi connectivity index (χ3v) is 7.08. The average Bonchev–Trinajstić information content (AvgIpc) is 3.51. The Bertz CT molecular complexity index is 1600. The van der Waals surface area contributed by atoms with Gasteiger partial charge in [0.25, 0.3) is 11.8 Å². The van der Waals surface area contributed by atoms with E-state index in [1.807, 2.05) is 50.2 Å². The van der Waals surface area contributed by atoms with Gasteiger partial charge in [0.05, 0.1) is 17.8 Å². The van der Waals surface area contributed by atoms with Gasteiger partial charge in [-0.25, -0.2) is 8.78 Å². The molecule has 36 heavy (non-hydrogen) atoms. The Kier molecular flexibility index (Phi) is 5.18. The molecule has 6 rings (SSSR count). The second kappa shape index (κ2) is 8.29. The highest BCUT2D eigenvalue weighted by Crippen LogP contribution is 2.36. The SMILES string of the molecule is Cc1noc(C)c1-c1ccc2c3cc(C(=O)N4CCC(F)(F)C4)ccc3n(Cc3ccccc3)c2c1. The van der Waals surface area contributed by atoms with Crippen LogP contribution in [0, 0.1) is 13.8 Å². The lowest BCUT2D eigenvalue weighted by molar-refractivity contribution is 0.0120. The number of fused-ring (bicyclic) bond motifs is 3. The third-order valence-electron chi connectivity index (χ3n) is 7.08. The number of aryl methyl sites for hydroxylation is 2. The van der Waals surface area contributed by atoms with Gasteiger partial charge in [-0.3, -0.25) is 4.79 Å². The summed E-state index contributed by atoms with van der Waals surface area (Å²) in [5.74, 6) is -2.42. The van der Waals surface area contributed by atoms with Crippen LogP contribution >= 0.6 is 0 Å². The zero-order chi connectivity index (χ0) is 25.0. The Morgan fingerprint density at radius 2 is 1.81 bits per heavy atom. The summed E-state index contributed by atoms with van der Waals surface area (Å²) in [7, 11) is 0. The normalized spacial score (nSPS) is 15.3. The van der Waals surface area contributed by atoms with Gasteiger partial charge in [0.15, 0.2) is 0 Å². The van der Waals surface area contributed by atoms with E-state index in [2.05, 4.69) is 34.0 Å². The van der Waals surface area contributed by atoms with Crippen molar-refractivity contribution in [1.29, 1.82) is 0 Å². The number of hydrogen-bond donors (Lipinski definition) is 0. The fourth-order valence-electron chi connectivity index (χ4n) is 5.31. The molecule has 1 saturated heterocycles. The summed E-state index contributed by atoms with van der Waals surface area (Å²) in [5, 5.41) is 6.02. The maximum Gasteiger partial charge on any atom is 0.267 e. The Morgan fingerprint density at radius 3 is 2.50 bits per heavy atom. The average molecular weight is 486 g/mol. The first-order valence-electron chi connectivity index (χ1n) is 12.0. The molecular weight excluding hydrogens is 460 g/mol. The number of carbonyl (C=O) groups is 1. The molecular formula is C29H25F2N3O2. The van der Waals surface area contributed by atoms with Crippen molar-refractivity contribution in [1.82, 2.24) is 14.6 Å². The lowest BCUT2D eigenvalue weighted by atomic mass is 10.0. The number of benzene rings is 3. The molecule has 0 atom stereocenters. The number of hydrogen-bond acceptors (Lipinski definition) is 3. The molecule has 5 nitrogen and oxygen atoms in total. The number of likely N-dealkylation sites (tertiary alicyclic amines) is 1. The summed E-state index contributed by atoms with van der Waals surface area (Å²) < 4.78 is 35.1. The highest BCUT2D eigenvalue weighted by Gasteiger charge is 2.40. The van der Waals surface area contributed by atoms with Gasteiger partial charge in [0.2, 0.25) is 0 Å². The second-order valence-corrected chi connectivity index (χ2v) is 9.57. The van der Waals surface area contributed by atoms with E-state index in [0.717, 1.165) is 50.0 Å². The zero-order valence-electron chi connectivity index (χ0n) is 20.1. The summed E-state index contributed by atoms with van der Waals surface area (Å²) in [5.41, 5.74) is 6.38. The van der Waals surface area contributed by atoms with Crippen LogP contribution in [0.1, 0.15) is 33.8 Å². The zero-order valence-corrected chi connectivity index (χ0v) is 20.1. The molecule has 3 aromatic carbocycles. The Hall–Kier alpha value is -4.00. The minimum Gasteiger partial charge on any atom is -0.361 e. The van der Waals surface area contributed by atoms with Crippen LogP contribution in [0.25, 0.3) is 32.9 Å². The summed E-state index contributed by atoms with van der Waals surface area (Å²) in [6.45, 7) is 4.02. The number of halogens is 2. The Morgan fingerprint density at radius 1 is 1.00 bits per heavy atom. The van der Waals surface area contributed by atoms with Crippen LogP contribution in [-0.4, -0.2) is 39.5 Å². The molecule has 2 aromatic heterocycles. The lowest BCUT2D eigenvalue weighted by Gasteiger charge is -2.16. The van der Waals surface area contributed by atoms with Crippen molar-refractivity contribution in [3.05, 3.63) is 89.3 Å². The minimum atomic E-state index is -2.82. The van der Waals surface area contributed by atoms with Crippen molar-refractivity contribution in [2.24, 2.45) is 0 Å². The third kappa shape index (κ3) is 3.75. The van der Waals surface area contributed by atoms with Gasteiger partial charge in [-0.2, -0.15) is 0 Å². The van der Waals surface area contributed by atoms with Crippen LogP contribution in [0.4, 0.5) is 8.78 Å². The van der Waals surface area contributed by atoms with Crippen molar-refractivity contribution in [3.8, 4) is 11.1 Å². The molecule has 1 aliphatic heterocycles. The van der Waals surface area contributed by atoms with E-state index in [0.29, 0.717) is 12.1 Å². The van der Waals surface area contributed by atoms with Gasteiger partial charge in [-0.05, 0) is 49.2 Å². The molecule has 1 aliphatic rings. The molecule has 1 amide bonds. The molecule has 0 spiro atoms. The predicted molar refractivity (Wildman–Crippen MR) is 135 cm³/mol. The minimum absolute atomic E-state index is 0.0699. The van der Waals surface area contributed by atoms with Crippen molar-refractivity contribution >= 4 is 27.7 Å². The van der Waals surface area contributed by atoms with E-state index in [1.165, 1.54) is 4.90 Å². The van der Waals surface area contributed by atoms with Crippen molar-refractivity contribution in [2.75, 3.05) is 13.1 Å². The molecule has 1 fully saturated rings. The molecule has 0 unspecified atom stereocenters. The molecule has 5 aromatic rings. The first kappa shape index (κ1) is 22.5. The van der Waals surface area contributed by atoms with Gasteiger partial charge < -0.3 is 14.0 Å². The Labute approximate surface area is 206 Å². The van der Waals surface area contributed by atoms with Crippen molar-refractivity contribution in [3.63, 3.8) is 0 Å². The standard InChI is InChI=1S/C29H25F2N3O2/c1-18-27(19(2)36-32-18)21-8-10-23-24-14-22(28(35)33-13-12-29(30,31)17-33)9-11-25(24)34(26(23)15-21)16-20-6-4-3-5-7-20/h3-11,14-15H,12-13,16-17H2,1-2H3. The maximum atomic E-state index is 13.7. The molecule has 3 heterocycles. The molecule has 0 saturated carbocycles. The van der Waals surface area contributed by atoms with E-state index in [4.69, 9.17) is 4.52 Å². The molecule has 0 aliphatic carbocycles. The second-order valence-electron chi connectivity index (χ2n) is 9.57. The van der Waals surface area contributed by atoms with Crippen LogP contribution in [0.5, 0.6) is 0 Å². The number of alkyl halides is 2. The summed E-state index contributed by atoms with van der Waals surface area (Å²) in [6, 6.07) is 21.9. The molecule has 182 valence electrons. The van der Waals surface area contributed by atoms with Crippen molar-refractivity contribution in [2.45, 2.75) is 32.7 Å². The van der Waals surface area contributed by atoms with E-state index in [1.54, 1.807) is 6.07 Å². The molecule has 0 radical (unpaired) electrons. The number of nitrogens with zero attached hydrogens (tertiary/aromatic N) is 3. The summed E-state index contributed by atoms with van der Waals surface area (Å²) in [6.07, 6.45) is -0.290. The van der Waals surface area contributed by atoms with Gasteiger partial charge in [0, 0.05) is 46.9 Å². The lowest BCUT2D eigenvalue weighted by Crippen LogP contribution is -2.31. The first-order valence-corrected chi connectivity index (χ1v) is 12.0. The van der Waals surface area contributed by atoms with Crippen LogP contribution < -0.4 is 0 Å². The van der Waals surface area contributed by atoms with Crippen LogP contribution in [0.15, 0.2) is 71.3 Å². The van der Waals surface area contributed by atoms with E-state index in [-0.39, 0.29) is 18.9 Å². The smallest absolute Gasteiger partial charge is 0.267 e. The highest BCUT2D eigenvalue weighted by molar-refractivity contribution is 6.11. The van der Waals surface area contributed by atoms with E-state index in [9.17, 15) is 13.6 Å². The number of aromatic nitrogens is 2. The largest absolute Gasteiger partial charge is 0.361 e. The number of rotatable bonds is 4. The highest BCUT2D eigenvalue weighted by atomic mass is 19.3. The number of carbonyl (C=O) groups excluding carboxylic acids is 1. The molecule has 7 heteroatoms. The van der Waals surface area contributed by atoms with Crippen LogP contribution in [-0.2, 0) is 6.54 Å². The Balaban J connectivity index is 1.52. The number of amides is 1. The van der Waals surface area contributed by atoms with Gasteiger partial charge in [0.1, 0.15) is 5.76 Å². The van der Waals surface area contributed by atoms with Crippen LogP contribution in [0.3, 0.4) is 0 Å². The first-order chi connectivity index (χ1) is 17.3. The van der Waals surface area contributed by atoms with Gasteiger partial charge >= 0.3 is 0 Å². The summed E-state index contributed by atoms with van der Waals surface area (Å²) >= 11 is 0. The van der Waals surface area contributed by atoms with E-state index < -0.39 is 12.5 Å². The van der Waals surface area contributed by atoms with Crippen molar-refractivity contribution < 1.29 is 18.1 Å². The fraction of sp³-hybridized carbons (Fsp3) is 0.241. The van der Waals surface area contributed by atoms with Gasteiger partial charge in [-0.1, -0.05) is 47.6 Å². The van der Waals surface area contributed by atoms with E-state index >= 15 is 0 Å². The van der Waals surface area contributed by atoms with Crippen LogP contribution in [0.2, 0.25) is 0 Å². The molecule has 0 bridgehead atoms. The topological polar surface area (TPSA) is 51.3 Å². The van der Waals surface area contributed by atoms with Gasteiger partial charge in [-0.15, -0.1) is 0 Å². The quantitative estimate of drug-likeness (QED) is 0.288. The fourth-order valence-corrected chi connectivity index (χ4v) is 5.31. The summed E-state index contributed by atoms with van der Waals surface area (Å²) in [4.78, 5) is 14.3. The molecule has 0 N–H and O–H groups in total.